The Balaban J connectivity index is 1.46. The summed E-state index contributed by atoms with van der Waals surface area (Å²) in [5.74, 6) is 0.106. The van der Waals surface area contributed by atoms with Crippen LogP contribution in [0, 0.1) is 13.8 Å². The van der Waals surface area contributed by atoms with Crippen LogP contribution < -0.4 is 4.90 Å². The lowest BCUT2D eigenvalue weighted by molar-refractivity contribution is -0.889. The average Bonchev–Trinajstić information content (AvgIpc) is 2.88. The number of fused-ring (bicyclic) bond motifs is 1. The number of ketones is 1. The van der Waals surface area contributed by atoms with Crippen LogP contribution in [0.4, 0.5) is 0 Å². The molecule has 1 aliphatic heterocycles. The van der Waals surface area contributed by atoms with Crippen molar-refractivity contribution in [2.75, 3.05) is 32.7 Å². The van der Waals surface area contributed by atoms with Crippen LogP contribution in [0.25, 0.3) is 10.9 Å². The van der Waals surface area contributed by atoms with Gasteiger partial charge in [-0.2, -0.15) is 4.31 Å². The molecule has 4 rings (SSSR count). The lowest BCUT2D eigenvalue weighted by Crippen LogP contribution is -3.13. The maximum absolute atomic E-state index is 13.1. The lowest BCUT2D eigenvalue weighted by Gasteiger charge is -2.20. The van der Waals surface area contributed by atoms with Crippen molar-refractivity contribution in [1.82, 2.24) is 9.29 Å². The summed E-state index contributed by atoms with van der Waals surface area (Å²) in [5, 5.41) is 0.956. The predicted molar refractivity (Wildman–Crippen MR) is 117 cm³/mol. The topological polar surface area (TPSA) is 74.7 Å². The third-order valence-electron chi connectivity index (χ3n) is 5.89. The number of nitrogens with one attached hydrogen (secondary N) is 2. The highest BCUT2D eigenvalue weighted by atomic mass is 32.2. The van der Waals surface area contributed by atoms with E-state index in [0.717, 1.165) is 45.6 Å². The number of aryl methyl sites for hydroxylation is 2. The Bertz CT molecular complexity index is 1170. The zero-order chi connectivity index (χ0) is 21.3. The molecule has 7 heteroatoms. The highest BCUT2D eigenvalue weighted by Gasteiger charge is 2.29. The fourth-order valence-corrected chi connectivity index (χ4v) is 5.73. The molecule has 0 bridgehead atoms. The molecule has 0 amide bonds. The number of benzene rings is 2. The van der Waals surface area contributed by atoms with Crippen LogP contribution in [-0.4, -0.2) is 56.2 Å². The summed E-state index contributed by atoms with van der Waals surface area (Å²) in [6, 6.07) is 14.8. The quantitative estimate of drug-likeness (QED) is 0.613. The number of quaternary nitrogens is 1. The smallest absolute Gasteiger partial charge is 0.243 e. The van der Waals surface area contributed by atoms with Gasteiger partial charge in [-0.3, -0.25) is 4.79 Å². The van der Waals surface area contributed by atoms with Crippen LogP contribution in [0.2, 0.25) is 0 Å². The molecular formula is C23H28N3O3S+. The van der Waals surface area contributed by atoms with E-state index in [4.69, 9.17) is 0 Å². The Kier molecular flexibility index (Phi) is 5.77. The summed E-state index contributed by atoms with van der Waals surface area (Å²) < 4.78 is 27.6. The van der Waals surface area contributed by atoms with Crippen molar-refractivity contribution >= 4 is 26.7 Å². The van der Waals surface area contributed by atoms with Crippen LogP contribution in [0.1, 0.15) is 28.0 Å². The van der Waals surface area contributed by atoms with Crippen LogP contribution in [-0.2, 0) is 10.0 Å². The first kappa shape index (κ1) is 20.8. The van der Waals surface area contributed by atoms with Gasteiger partial charge in [-0.15, -0.1) is 0 Å². The highest BCUT2D eigenvalue weighted by Crippen LogP contribution is 2.22. The van der Waals surface area contributed by atoms with Crippen molar-refractivity contribution in [3.05, 3.63) is 65.4 Å². The SMILES string of the molecule is Cc1ccc(S(=O)(=O)N2CCC[NH+](CC(=O)c3c(C)[nH]c4ccccc34)CC2)cc1. The molecule has 3 aromatic rings. The molecule has 30 heavy (non-hydrogen) atoms. The molecule has 0 saturated carbocycles. The van der Waals surface area contributed by atoms with Gasteiger partial charge in [-0.1, -0.05) is 35.9 Å². The zero-order valence-electron chi connectivity index (χ0n) is 17.4. The number of hydrogen-bond donors (Lipinski definition) is 2. The number of sulfonamides is 1. The average molecular weight is 427 g/mol. The second kappa shape index (κ2) is 8.34. The highest BCUT2D eigenvalue weighted by molar-refractivity contribution is 7.89. The Morgan fingerprint density at radius 3 is 2.53 bits per heavy atom. The van der Waals surface area contributed by atoms with E-state index in [0.29, 0.717) is 31.1 Å². The second-order valence-electron chi connectivity index (χ2n) is 8.09. The van der Waals surface area contributed by atoms with Crippen LogP contribution in [0.5, 0.6) is 0 Å². The summed E-state index contributed by atoms with van der Waals surface area (Å²) in [4.78, 5) is 17.8. The first-order chi connectivity index (χ1) is 14.4. The number of carbonyl (C=O) groups is 1. The Morgan fingerprint density at radius 2 is 1.77 bits per heavy atom. The molecule has 1 saturated heterocycles. The van der Waals surface area contributed by atoms with Gasteiger partial charge in [0.1, 0.15) is 6.54 Å². The number of carbonyl (C=O) groups excluding carboxylic acids is 1. The number of H-pyrrole nitrogens is 1. The van der Waals surface area contributed by atoms with Crippen molar-refractivity contribution < 1.29 is 18.1 Å². The molecule has 158 valence electrons. The fraction of sp³-hybridized carbons (Fsp3) is 0.348. The number of rotatable bonds is 5. The van der Waals surface area contributed by atoms with E-state index in [-0.39, 0.29) is 5.78 Å². The number of nitrogens with zero attached hydrogens (tertiary/aromatic N) is 1. The summed E-state index contributed by atoms with van der Waals surface area (Å²) in [6.07, 6.45) is 0.737. The van der Waals surface area contributed by atoms with Crippen molar-refractivity contribution in [2.24, 2.45) is 0 Å². The number of hydrogen-bond acceptors (Lipinski definition) is 3. The van der Waals surface area contributed by atoms with Gasteiger partial charge < -0.3 is 9.88 Å². The first-order valence-electron chi connectivity index (χ1n) is 10.4. The number of para-hydroxylation sites is 1. The van der Waals surface area contributed by atoms with Crippen LogP contribution in [0.3, 0.4) is 0 Å². The normalized spacial score (nSPS) is 18.4. The lowest BCUT2D eigenvalue weighted by atomic mass is 10.1. The minimum Gasteiger partial charge on any atom is -0.358 e. The Morgan fingerprint density at radius 1 is 1.03 bits per heavy atom. The van der Waals surface area contributed by atoms with Gasteiger partial charge in [0.25, 0.3) is 0 Å². The number of Topliss-reactive ketones (excluding diaryl/α,β-unsaturated/α-hetero) is 1. The molecule has 2 N–H and O–H groups in total. The number of aromatic nitrogens is 1. The maximum Gasteiger partial charge on any atom is 0.243 e. The van der Waals surface area contributed by atoms with E-state index in [2.05, 4.69) is 4.98 Å². The minimum atomic E-state index is -3.50. The van der Waals surface area contributed by atoms with E-state index in [1.807, 2.05) is 50.2 Å². The molecule has 0 radical (unpaired) electrons. The van der Waals surface area contributed by atoms with Crippen molar-refractivity contribution in [3.8, 4) is 0 Å². The van der Waals surface area contributed by atoms with Crippen molar-refractivity contribution in [2.45, 2.75) is 25.2 Å². The summed E-state index contributed by atoms with van der Waals surface area (Å²) in [5.41, 5.74) is 3.65. The monoisotopic (exact) mass is 426 g/mol. The second-order valence-corrected chi connectivity index (χ2v) is 10.0. The molecular weight excluding hydrogens is 398 g/mol. The largest absolute Gasteiger partial charge is 0.358 e. The maximum atomic E-state index is 13.1. The molecule has 1 aliphatic rings. The standard InChI is InChI=1S/C23H27N3O3S/c1-17-8-10-19(11-9-17)30(28,29)26-13-5-12-25(14-15-26)16-22(27)23-18(2)24-21-7-4-3-6-20(21)23/h3-4,6-11,24H,5,12-16H2,1-2H3/p+1. The van der Waals surface area contributed by atoms with Gasteiger partial charge in [0.15, 0.2) is 0 Å². The van der Waals surface area contributed by atoms with Crippen LogP contribution >= 0.6 is 0 Å². The van der Waals surface area contributed by atoms with Crippen molar-refractivity contribution in [1.29, 1.82) is 0 Å². The van der Waals surface area contributed by atoms with Gasteiger partial charge in [0.05, 0.1) is 30.1 Å². The Labute approximate surface area is 177 Å². The third kappa shape index (κ3) is 4.05. The van der Waals surface area contributed by atoms with Gasteiger partial charge in [-0.05, 0) is 32.0 Å². The molecule has 1 unspecified atom stereocenters. The third-order valence-corrected chi connectivity index (χ3v) is 7.81. The fourth-order valence-electron chi connectivity index (χ4n) is 4.25. The molecule has 1 aromatic heterocycles. The molecule has 0 aliphatic carbocycles. The molecule has 1 atom stereocenters. The van der Waals surface area contributed by atoms with E-state index in [9.17, 15) is 13.2 Å². The van der Waals surface area contributed by atoms with Gasteiger partial charge in [0.2, 0.25) is 15.8 Å². The zero-order valence-corrected chi connectivity index (χ0v) is 18.3. The van der Waals surface area contributed by atoms with Gasteiger partial charge in [-0.25, -0.2) is 8.42 Å². The van der Waals surface area contributed by atoms with E-state index in [1.54, 1.807) is 16.4 Å². The molecule has 2 aromatic carbocycles. The van der Waals surface area contributed by atoms with E-state index >= 15 is 0 Å². The van der Waals surface area contributed by atoms with E-state index in [1.165, 1.54) is 0 Å². The molecule has 2 heterocycles. The summed E-state index contributed by atoms with van der Waals surface area (Å²) in [7, 11) is -3.50. The minimum absolute atomic E-state index is 0.106. The molecule has 0 spiro atoms. The Hall–Kier alpha value is -2.48. The number of aromatic amines is 1. The molecule has 6 nitrogen and oxygen atoms in total. The summed E-state index contributed by atoms with van der Waals surface area (Å²) >= 11 is 0. The van der Waals surface area contributed by atoms with E-state index < -0.39 is 10.0 Å². The summed E-state index contributed by atoms with van der Waals surface area (Å²) in [6.45, 7) is 6.56. The van der Waals surface area contributed by atoms with Crippen molar-refractivity contribution in [3.63, 3.8) is 0 Å². The molecule has 1 fully saturated rings. The van der Waals surface area contributed by atoms with Crippen LogP contribution in [0.15, 0.2) is 53.4 Å². The van der Waals surface area contributed by atoms with Gasteiger partial charge >= 0.3 is 0 Å². The predicted octanol–water partition coefficient (Wildman–Crippen LogP) is 1.95. The first-order valence-corrected chi connectivity index (χ1v) is 11.8. The van der Waals surface area contributed by atoms with Gasteiger partial charge in [0, 0.05) is 29.6 Å².